The SMILES string of the molecule is C[N+]1(C)CCCc2cccc(O)c21. The lowest BCUT2D eigenvalue weighted by Gasteiger charge is -2.35. The molecule has 0 spiro atoms. The summed E-state index contributed by atoms with van der Waals surface area (Å²) in [7, 11) is 4.30. The fraction of sp³-hybridized carbons (Fsp3) is 0.455. The van der Waals surface area contributed by atoms with Crippen molar-refractivity contribution < 1.29 is 5.11 Å². The number of para-hydroxylation sites is 1. The van der Waals surface area contributed by atoms with Gasteiger partial charge in [-0.3, -0.25) is 4.48 Å². The maximum atomic E-state index is 9.78. The fourth-order valence-corrected chi connectivity index (χ4v) is 2.25. The van der Waals surface area contributed by atoms with E-state index in [0.717, 1.165) is 23.1 Å². The van der Waals surface area contributed by atoms with Crippen molar-refractivity contribution in [3.8, 4) is 5.75 Å². The van der Waals surface area contributed by atoms with E-state index in [4.69, 9.17) is 0 Å². The standard InChI is InChI=1S/C11H15NO/c1-12(2)8-4-6-9-5-3-7-10(13)11(9)12/h3,5,7H,4,6,8H2,1-2H3/p+1. The van der Waals surface area contributed by atoms with Crippen molar-refractivity contribution >= 4 is 5.69 Å². The molecule has 0 saturated carbocycles. The molecule has 0 fully saturated rings. The van der Waals surface area contributed by atoms with E-state index >= 15 is 0 Å². The van der Waals surface area contributed by atoms with E-state index in [1.807, 2.05) is 6.07 Å². The van der Waals surface area contributed by atoms with Gasteiger partial charge in [-0.2, -0.15) is 0 Å². The molecule has 70 valence electrons. The molecule has 2 heteroatoms. The molecule has 1 heterocycles. The number of fused-ring (bicyclic) bond motifs is 1. The lowest BCUT2D eigenvalue weighted by Crippen LogP contribution is -2.44. The third-order valence-electron chi connectivity index (χ3n) is 2.87. The highest BCUT2D eigenvalue weighted by molar-refractivity contribution is 5.61. The van der Waals surface area contributed by atoms with Crippen LogP contribution in [0.25, 0.3) is 0 Å². The quantitative estimate of drug-likeness (QED) is 0.602. The molecule has 0 radical (unpaired) electrons. The Hall–Kier alpha value is -1.02. The number of phenols is 1. The third kappa shape index (κ3) is 1.31. The first-order valence-electron chi connectivity index (χ1n) is 4.76. The molecule has 0 atom stereocenters. The Morgan fingerprint density at radius 1 is 1.31 bits per heavy atom. The van der Waals surface area contributed by atoms with E-state index < -0.39 is 0 Å². The molecule has 0 bridgehead atoms. The van der Waals surface area contributed by atoms with Gasteiger partial charge in [0.2, 0.25) is 0 Å². The number of aromatic hydroxyl groups is 1. The van der Waals surface area contributed by atoms with E-state index in [-0.39, 0.29) is 0 Å². The fourth-order valence-electron chi connectivity index (χ4n) is 2.25. The van der Waals surface area contributed by atoms with Gasteiger partial charge < -0.3 is 5.11 Å². The minimum absolute atomic E-state index is 0.446. The van der Waals surface area contributed by atoms with Crippen molar-refractivity contribution in [3.05, 3.63) is 23.8 Å². The largest absolute Gasteiger partial charge is 0.503 e. The van der Waals surface area contributed by atoms with Crippen LogP contribution in [0.4, 0.5) is 5.69 Å². The van der Waals surface area contributed by atoms with Crippen molar-refractivity contribution in [2.24, 2.45) is 0 Å². The minimum atomic E-state index is 0.446. The molecule has 2 nitrogen and oxygen atoms in total. The monoisotopic (exact) mass is 178 g/mol. The van der Waals surface area contributed by atoms with Gasteiger partial charge in [-0.05, 0) is 12.5 Å². The molecule has 0 saturated heterocycles. The van der Waals surface area contributed by atoms with Crippen molar-refractivity contribution in [2.75, 3.05) is 20.6 Å². The number of hydrogen-bond acceptors (Lipinski definition) is 1. The van der Waals surface area contributed by atoms with Gasteiger partial charge >= 0.3 is 0 Å². The van der Waals surface area contributed by atoms with Crippen LogP contribution in [0.1, 0.15) is 12.0 Å². The average Bonchev–Trinajstić information content (AvgIpc) is 2.02. The van der Waals surface area contributed by atoms with Crippen LogP contribution in [-0.4, -0.2) is 25.7 Å². The van der Waals surface area contributed by atoms with Gasteiger partial charge in [0.1, 0.15) is 0 Å². The molecule has 0 aromatic heterocycles. The molecule has 1 aliphatic heterocycles. The Morgan fingerprint density at radius 2 is 2.08 bits per heavy atom. The average molecular weight is 178 g/mol. The summed E-state index contributed by atoms with van der Waals surface area (Å²) in [5, 5.41) is 9.78. The normalized spacial score (nSPS) is 19.5. The van der Waals surface area contributed by atoms with Crippen molar-refractivity contribution in [3.63, 3.8) is 0 Å². The van der Waals surface area contributed by atoms with Gasteiger partial charge in [0.15, 0.2) is 11.4 Å². The molecular formula is C11H16NO+. The molecule has 1 N–H and O–H groups in total. The topological polar surface area (TPSA) is 20.2 Å². The van der Waals surface area contributed by atoms with Gasteiger partial charge in [-0.15, -0.1) is 0 Å². The second-order valence-electron chi connectivity index (χ2n) is 4.30. The van der Waals surface area contributed by atoms with Gasteiger partial charge in [0.05, 0.1) is 20.6 Å². The highest BCUT2D eigenvalue weighted by Crippen LogP contribution is 2.37. The zero-order chi connectivity index (χ0) is 9.47. The first-order valence-corrected chi connectivity index (χ1v) is 4.76. The number of quaternary nitrogens is 1. The number of hydrogen-bond donors (Lipinski definition) is 1. The van der Waals surface area contributed by atoms with Crippen molar-refractivity contribution in [1.29, 1.82) is 0 Å². The first-order chi connectivity index (χ1) is 6.11. The molecule has 1 aromatic rings. The zero-order valence-corrected chi connectivity index (χ0v) is 8.25. The van der Waals surface area contributed by atoms with Gasteiger partial charge in [0, 0.05) is 12.0 Å². The summed E-state index contributed by atoms with van der Waals surface area (Å²) in [4.78, 5) is 0. The van der Waals surface area contributed by atoms with Crippen LogP contribution in [0.15, 0.2) is 18.2 Å². The summed E-state index contributed by atoms with van der Waals surface area (Å²) in [5.41, 5.74) is 2.41. The lowest BCUT2D eigenvalue weighted by molar-refractivity contribution is 0.350. The van der Waals surface area contributed by atoms with Crippen LogP contribution in [0.5, 0.6) is 5.75 Å². The van der Waals surface area contributed by atoms with E-state index in [9.17, 15) is 5.11 Å². The lowest BCUT2D eigenvalue weighted by atomic mass is 10.00. The first kappa shape index (κ1) is 8.57. The summed E-state index contributed by atoms with van der Waals surface area (Å²) in [5.74, 6) is 0.446. The number of benzene rings is 1. The third-order valence-corrected chi connectivity index (χ3v) is 2.87. The summed E-state index contributed by atoms with van der Waals surface area (Å²) in [6, 6.07) is 5.83. The van der Waals surface area contributed by atoms with E-state index in [1.165, 1.54) is 12.0 Å². The Labute approximate surface area is 79.0 Å². The van der Waals surface area contributed by atoms with Crippen LogP contribution < -0.4 is 4.48 Å². The smallest absolute Gasteiger partial charge is 0.177 e. The minimum Gasteiger partial charge on any atom is -0.503 e. The molecule has 13 heavy (non-hydrogen) atoms. The van der Waals surface area contributed by atoms with E-state index in [1.54, 1.807) is 6.07 Å². The van der Waals surface area contributed by atoms with Crippen LogP contribution >= 0.6 is 0 Å². The maximum Gasteiger partial charge on any atom is 0.177 e. The second-order valence-corrected chi connectivity index (χ2v) is 4.30. The van der Waals surface area contributed by atoms with Gasteiger partial charge in [-0.25, -0.2) is 0 Å². The summed E-state index contributed by atoms with van der Waals surface area (Å²) in [6.45, 7) is 1.12. The van der Waals surface area contributed by atoms with Crippen LogP contribution in [0, 0.1) is 0 Å². The predicted molar refractivity (Wildman–Crippen MR) is 54.9 cm³/mol. The molecule has 1 aromatic carbocycles. The maximum absolute atomic E-state index is 9.78. The number of rotatable bonds is 0. The Balaban J connectivity index is 2.61. The van der Waals surface area contributed by atoms with Gasteiger partial charge in [0.25, 0.3) is 0 Å². The Morgan fingerprint density at radius 3 is 2.77 bits per heavy atom. The Kier molecular flexibility index (Phi) is 1.81. The highest BCUT2D eigenvalue weighted by atomic mass is 16.3. The summed E-state index contributed by atoms with van der Waals surface area (Å²) >= 11 is 0. The van der Waals surface area contributed by atoms with E-state index in [2.05, 4.69) is 20.2 Å². The number of phenolic OH excluding ortho intramolecular Hbond substituents is 1. The second kappa shape index (κ2) is 2.74. The molecular weight excluding hydrogens is 162 g/mol. The van der Waals surface area contributed by atoms with Gasteiger partial charge in [-0.1, -0.05) is 12.1 Å². The van der Waals surface area contributed by atoms with Crippen molar-refractivity contribution in [1.82, 2.24) is 4.48 Å². The number of nitrogens with zero attached hydrogens (tertiary/aromatic N) is 1. The zero-order valence-electron chi connectivity index (χ0n) is 8.25. The predicted octanol–water partition coefficient (Wildman–Crippen LogP) is 1.91. The van der Waals surface area contributed by atoms with E-state index in [0.29, 0.717) is 5.75 Å². The van der Waals surface area contributed by atoms with Crippen LogP contribution in [-0.2, 0) is 6.42 Å². The summed E-state index contributed by atoms with van der Waals surface area (Å²) in [6.07, 6.45) is 2.31. The van der Waals surface area contributed by atoms with Crippen LogP contribution in [0.3, 0.4) is 0 Å². The Bertz CT molecular complexity index is 331. The highest BCUT2D eigenvalue weighted by Gasteiger charge is 2.29. The molecule has 2 rings (SSSR count). The summed E-state index contributed by atoms with van der Waals surface area (Å²) < 4.78 is 0.808. The molecule has 0 amide bonds. The molecule has 0 aliphatic carbocycles. The molecule has 0 unspecified atom stereocenters. The van der Waals surface area contributed by atoms with Crippen molar-refractivity contribution in [2.45, 2.75) is 12.8 Å². The van der Waals surface area contributed by atoms with Crippen LogP contribution in [0.2, 0.25) is 0 Å². The molecule has 1 aliphatic rings. The number of aryl methyl sites for hydroxylation is 1.